The average molecular weight is 388 g/mol. The van der Waals surface area contributed by atoms with E-state index in [4.69, 9.17) is 27.9 Å². The molecule has 9 heteroatoms. The summed E-state index contributed by atoms with van der Waals surface area (Å²) in [7, 11) is 3.23. The van der Waals surface area contributed by atoms with Crippen molar-refractivity contribution in [1.82, 2.24) is 9.88 Å². The smallest absolute Gasteiger partial charge is 0.273 e. The Morgan fingerprint density at radius 2 is 2.08 bits per heavy atom. The van der Waals surface area contributed by atoms with Crippen molar-refractivity contribution >= 4 is 51.5 Å². The SMILES string of the molecule is COCCN(C)C(=O)c1csc(NC(=O)c2ccc(Cl)c(Cl)c2)n1. The van der Waals surface area contributed by atoms with Crippen LogP contribution in [0.5, 0.6) is 0 Å². The van der Waals surface area contributed by atoms with Crippen molar-refractivity contribution in [3.63, 3.8) is 0 Å². The van der Waals surface area contributed by atoms with Crippen molar-refractivity contribution in [3.8, 4) is 0 Å². The van der Waals surface area contributed by atoms with Gasteiger partial charge in [0.05, 0.1) is 16.7 Å². The molecule has 1 aromatic heterocycles. The van der Waals surface area contributed by atoms with Crippen LogP contribution < -0.4 is 5.32 Å². The lowest BCUT2D eigenvalue weighted by Crippen LogP contribution is -2.30. The number of nitrogens with one attached hydrogen (secondary N) is 1. The maximum Gasteiger partial charge on any atom is 0.273 e. The van der Waals surface area contributed by atoms with Crippen LogP contribution in [-0.2, 0) is 4.74 Å². The first-order valence-corrected chi connectivity index (χ1v) is 8.52. The van der Waals surface area contributed by atoms with Crippen molar-refractivity contribution in [1.29, 1.82) is 0 Å². The molecule has 24 heavy (non-hydrogen) atoms. The summed E-state index contributed by atoms with van der Waals surface area (Å²) in [5.41, 5.74) is 0.618. The van der Waals surface area contributed by atoms with Crippen LogP contribution in [0.3, 0.4) is 0 Å². The van der Waals surface area contributed by atoms with Gasteiger partial charge in [-0.15, -0.1) is 11.3 Å². The zero-order chi connectivity index (χ0) is 17.7. The fourth-order valence-electron chi connectivity index (χ4n) is 1.76. The summed E-state index contributed by atoms with van der Waals surface area (Å²) in [5.74, 6) is -0.618. The Morgan fingerprint density at radius 1 is 1.33 bits per heavy atom. The molecule has 0 bridgehead atoms. The number of hydrogen-bond acceptors (Lipinski definition) is 5. The third-order valence-corrected chi connectivity index (χ3v) is 4.60. The molecule has 0 unspecified atom stereocenters. The van der Waals surface area contributed by atoms with Crippen LogP contribution in [-0.4, -0.2) is 49.0 Å². The van der Waals surface area contributed by atoms with Gasteiger partial charge >= 0.3 is 0 Å². The maximum absolute atomic E-state index is 12.2. The number of thiazole rings is 1. The van der Waals surface area contributed by atoms with Gasteiger partial charge in [-0.3, -0.25) is 14.9 Å². The third-order valence-electron chi connectivity index (χ3n) is 3.10. The molecule has 6 nitrogen and oxygen atoms in total. The molecule has 0 saturated carbocycles. The molecule has 2 rings (SSSR count). The van der Waals surface area contributed by atoms with E-state index in [1.807, 2.05) is 0 Å². The lowest BCUT2D eigenvalue weighted by molar-refractivity contribution is 0.0739. The Bertz CT molecular complexity index is 751. The van der Waals surface area contributed by atoms with Crippen molar-refractivity contribution in [2.24, 2.45) is 0 Å². The molecule has 0 aliphatic carbocycles. The number of aromatic nitrogens is 1. The number of ether oxygens (including phenoxy) is 1. The number of benzene rings is 1. The van der Waals surface area contributed by atoms with E-state index in [0.717, 1.165) is 0 Å². The number of methoxy groups -OCH3 is 1. The molecular formula is C15H15Cl2N3O3S. The van der Waals surface area contributed by atoms with Crippen LogP contribution in [0.2, 0.25) is 10.0 Å². The number of amides is 2. The van der Waals surface area contributed by atoms with E-state index in [1.54, 1.807) is 31.7 Å². The molecule has 1 heterocycles. The Balaban J connectivity index is 2.04. The zero-order valence-corrected chi connectivity index (χ0v) is 15.3. The Morgan fingerprint density at radius 3 is 2.75 bits per heavy atom. The summed E-state index contributed by atoms with van der Waals surface area (Å²) >= 11 is 12.9. The molecule has 0 saturated heterocycles. The molecule has 1 aromatic carbocycles. The van der Waals surface area contributed by atoms with E-state index >= 15 is 0 Å². The number of nitrogens with zero attached hydrogens (tertiary/aromatic N) is 2. The zero-order valence-electron chi connectivity index (χ0n) is 13.0. The van der Waals surface area contributed by atoms with Crippen molar-refractivity contribution in [3.05, 3.63) is 44.9 Å². The quantitative estimate of drug-likeness (QED) is 0.823. The van der Waals surface area contributed by atoms with Crippen LogP contribution in [0.1, 0.15) is 20.8 Å². The van der Waals surface area contributed by atoms with E-state index in [-0.39, 0.29) is 17.5 Å². The molecule has 0 spiro atoms. The number of carbonyl (C=O) groups is 2. The first-order valence-electron chi connectivity index (χ1n) is 6.88. The number of halogens is 2. The predicted molar refractivity (Wildman–Crippen MR) is 95.4 cm³/mol. The van der Waals surface area contributed by atoms with Crippen LogP contribution in [0, 0.1) is 0 Å². The monoisotopic (exact) mass is 387 g/mol. The number of hydrogen-bond donors (Lipinski definition) is 1. The van der Waals surface area contributed by atoms with Gasteiger partial charge in [-0.05, 0) is 18.2 Å². The van der Waals surface area contributed by atoms with E-state index in [1.165, 1.54) is 22.3 Å². The number of anilines is 1. The lowest BCUT2D eigenvalue weighted by atomic mass is 10.2. The lowest BCUT2D eigenvalue weighted by Gasteiger charge is -2.14. The summed E-state index contributed by atoms with van der Waals surface area (Å²) in [5, 5.41) is 5.22. The largest absolute Gasteiger partial charge is 0.383 e. The minimum Gasteiger partial charge on any atom is -0.383 e. The molecule has 2 aromatic rings. The van der Waals surface area contributed by atoms with E-state index in [9.17, 15) is 9.59 Å². The number of carbonyl (C=O) groups excluding carboxylic acids is 2. The van der Waals surface area contributed by atoms with Gasteiger partial charge in [0, 0.05) is 31.6 Å². The molecule has 0 radical (unpaired) electrons. The van der Waals surface area contributed by atoms with Gasteiger partial charge in [-0.1, -0.05) is 23.2 Å². The second-order valence-electron chi connectivity index (χ2n) is 4.84. The van der Waals surface area contributed by atoms with Crippen molar-refractivity contribution < 1.29 is 14.3 Å². The van der Waals surface area contributed by atoms with Gasteiger partial charge in [0.1, 0.15) is 5.69 Å². The fraction of sp³-hybridized carbons (Fsp3) is 0.267. The molecule has 2 amide bonds. The molecule has 0 fully saturated rings. The highest BCUT2D eigenvalue weighted by atomic mass is 35.5. The number of rotatable bonds is 6. The summed E-state index contributed by atoms with van der Waals surface area (Å²) in [6.45, 7) is 0.894. The first kappa shape index (κ1) is 18.7. The summed E-state index contributed by atoms with van der Waals surface area (Å²) in [4.78, 5) is 30.0. The topological polar surface area (TPSA) is 71.5 Å². The van der Waals surface area contributed by atoms with E-state index in [2.05, 4.69) is 10.3 Å². The van der Waals surface area contributed by atoms with Gasteiger partial charge in [0.2, 0.25) is 0 Å². The normalized spacial score (nSPS) is 10.5. The molecule has 0 aliphatic heterocycles. The van der Waals surface area contributed by atoms with Gasteiger partial charge in [-0.25, -0.2) is 4.98 Å². The number of likely N-dealkylation sites (N-methyl/N-ethyl adjacent to an activating group) is 1. The molecule has 0 aliphatic rings. The predicted octanol–water partition coefficient (Wildman–Crippen LogP) is 3.42. The standard InChI is InChI=1S/C15H15Cl2N3O3S/c1-20(5-6-23-2)14(22)12-8-24-15(18-12)19-13(21)9-3-4-10(16)11(17)7-9/h3-4,7-8H,5-6H2,1-2H3,(H,18,19,21). The fourth-order valence-corrected chi connectivity index (χ4v) is 2.74. The molecule has 0 atom stereocenters. The Hall–Kier alpha value is -1.67. The minimum atomic E-state index is -0.380. The summed E-state index contributed by atoms with van der Waals surface area (Å²) < 4.78 is 4.93. The van der Waals surface area contributed by atoms with Crippen molar-refractivity contribution in [2.75, 3.05) is 32.6 Å². The van der Waals surface area contributed by atoms with Gasteiger partial charge in [0.25, 0.3) is 11.8 Å². The maximum atomic E-state index is 12.2. The minimum absolute atomic E-state index is 0.238. The van der Waals surface area contributed by atoms with Gasteiger partial charge in [0.15, 0.2) is 5.13 Å². The van der Waals surface area contributed by atoms with E-state index in [0.29, 0.717) is 33.9 Å². The van der Waals surface area contributed by atoms with Crippen molar-refractivity contribution in [2.45, 2.75) is 0 Å². The second-order valence-corrected chi connectivity index (χ2v) is 6.51. The van der Waals surface area contributed by atoms with Gasteiger partial charge < -0.3 is 9.64 Å². The molecular weight excluding hydrogens is 373 g/mol. The Labute approximate surface area is 153 Å². The molecule has 128 valence electrons. The highest BCUT2D eigenvalue weighted by Gasteiger charge is 2.17. The first-order chi connectivity index (χ1) is 11.4. The third kappa shape index (κ3) is 4.67. The van der Waals surface area contributed by atoms with Gasteiger partial charge in [-0.2, -0.15) is 0 Å². The highest BCUT2D eigenvalue weighted by Crippen LogP contribution is 2.23. The van der Waals surface area contributed by atoms with Crippen LogP contribution in [0.25, 0.3) is 0 Å². The van der Waals surface area contributed by atoms with Crippen LogP contribution >= 0.6 is 34.5 Å². The summed E-state index contributed by atoms with van der Waals surface area (Å²) in [6, 6.07) is 4.57. The second kappa shape index (κ2) is 8.43. The van der Waals surface area contributed by atoms with Crippen LogP contribution in [0.15, 0.2) is 23.6 Å². The average Bonchev–Trinajstić information content (AvgIpc) is 3.02. The summed E-state index contributed by atoms with van der Waals surface area (Å²) in [6.07, 6.45) is 0. The molecule has 1 N–H and O–H groups in total. The van der Waals surface area contributed by atoms with E-state index < -0.39 is 0 Å². The van der Waals surface area contributed by atoms with Crippen LogP contribution in [0.4, 0.5) is 5.13 Å². The Kier molecular flexibility index (Phi) is 6.56. The highest BCUT2D eigenvalue weighted by molar-refractivity contribution is 7.14.